The second-order valence-electron chi connectivity index (χ2n) is 6.38. The fourth-order valence-corrected chi connectivity index (χ4v) is 3.66. The lowest BCUT2D eigenvalue weighted by Gasteiger charge is -2.29. The summed E-state index contributed by atoms with van der Waals surface area (Å²) in [6, 6.07) is 4.22. The van der Waals surface area contributed by atoms with Crippen molar-refractivity contribution in [1.82, 2.24) is 4.90 Å². The predicted molar refractivity (Wildman–Crippen MR) is 94.8 cm³/mol. The molecule has 2 rings (SSSR count). The van der Waals surface area contributed by atoms with Gasteiger partial charge in [-0.2, -0.15) is 0 Å². The van der Waals surface area contributed by atoms with Crippen LogP contribution in [0.5, 0.6) is 5.75 Å². The summed E-state index contributed by atoms with van der Waals surface area (Å²) in [6.45, 7) is 12.0. The van der Waals surface area contributed by atoms with E-state index in [2.05, 4.69) is 53.7 Å². The lowest BCUT2D eigenvalue weighted by molar-refractivity contribution is 0.0706. The molecule has 124 valence electrons. The molecule has 0 saturated carbocycles. The Kier molecular flexibility index (Phi) is 7.19. The van der Waals surface area contributed by atoms with E-state index < -0.39 is 0 Å². The number of halogens is 1. The van der Waals surface area contributed by atoms with Crippen molar-refractivity contribution >= 4 is 15.9 Å². The Morgan fingerprint density at radius 3 is 2.55 bits per heavy atom. The van der Waals surface area contributed by atoms with Gasteiger partial charge in [0.05, 0.1) is 17.7 Å². The molecule has 1 aliphatic rings. The molecule has 22 heavy (non-hydrogen) atoms. The van der Waals surface area contributed by atoms with Crippen LogP contribution in [0.4, 0.5) is 0 Å². The van der Waals surface area contributed by atoms with Crippen LogP contribution in [0.15, 0.2) is 16.6 Å². The van der Waals surface area contributed by atoms with Crippen molar-refractivity contribution in [2.24, 2.45) is 5.92 Å². The van der Waals surface area contributed by atoms with E-state index >= 15 is 0 Å². The van der Waals surface area contributed by atoms with E-state index in [-0.39, 0.29) is 0 Å². The minimum Gasteiger partial charge on any atom is -0.490 e. The van der Waals surface area contributed by atoms with Crippen LogP contribution in [-0.4, -0.2) is 44.4 Å². The lowest BCUT2D eigenvalue weighted by Crippen LogP contribution is -2.35. The van der Waals surface area contributed by atoms with Crippen molar-refractivity contribution in [2.75, 3.05) is 39.5 Å². The number of hydrogen-bond donors (Lipinski definition) is 0. The van der Waals surface area contributed by atoms with Gasteiger partial charge in [0.25, 0.3) is 0 Å². The molecule has 1 fully saturated rings. The number of ether oxygens (including phenoxy) is 2. The van der Waals surface area contributed by atoms with Gasteiger partial charge in [0.2, 0.25) is 0 Å². The smallest absolute Gasteiger partial charge is 0.136 e. The van der Waals surface area contributed by atoms with E-state index in [1.165, 1.54) is 31.5 Å². The maximum atomic E-state index is 5.84. The van der Waals surface area contributed by atoms with Crippen molar-refractivity contribution in [3.05, 3.63) is 27.7 Å². The largest absolute Gasteiger partial charge is 0.490 e. The molecular weight excluding hydrogens is 342 g/mol. The van der Waals surface area contributed by atoms with Crippen LogP contribution >= 0.6 is 15.9 Å². The monoisotopic (exact) mass is 369 g/mol. The van der Waals surface area contributed by atoms with E-state index in [4.69, 9.17) is 9.47 Å². The highest BCUT2D eigenvalue weighted by atomic mass is 79.9. The van der Waals surface area contributed by atoms with Gasteiger partial charge in [-0.3, -0.25) is 0 Å². The summed E-state index contributed by atoms with van der Waals surface area (Å²) in [6.07, 6.45) is 2.65. The second-order valence-corrected chi connectivity index (χ2v) is 7.23. The molecule has 0 aliphatic carbocycles. The zero-order chi connectivity index (χ0) is 15.9. The number of piperidine rings is 1. The first-order chi connectivity index (χ1) is 10.6. The molecule has 0 atom stereocenters. The summed E-state index contributed by atoms with van der Waals surface area (Å²) in [5.41, 5.74) is 2.40. The van der Waals surface area contributed by atoms with Gasteiger partial charge in [0.1, 0.15) is 12.4 Å². The standard InChI is InChI=1S/C18H28BrNO2/c1-14-4-6-20(7-5-14)8-9-21-10-11-22-18-16(3)12-15(2)13-17(18)19/h12-14H,4-11H2,1-3H3. The average molecular weight is 370 g/mol. The molecule has 1 aromatic carbocycles. The molecule has 1 aliphatic heterocycles. The van der Waals surface area contributed by atoms with Crippen molar-refractivity contribution in [3.63, 3.8) is 0 Å². The number of aryl methyl sites for hydroxylation is 2. The highest BCUT2D eigenvalue weighted by Gasteiger charge is 2.14. The topological polar surface area (TPSA) is 21.7 Å². The van der Waals surface area contributed by atoms with Crippen LogP contribution in [0.2, 0.25) is 0 Å². The number of hydrogen-bond acceptors (Lipinski definition) is 3. The molecule has 0 unspecified atom stereocenters. The SMILES string of the molecule is Cc1cc(C)c(OCCOCCN2CCC(C)CC2)c(Br)c1. The Hall–Kier alpha value is -0.580. The number of likely N-dealkylation sites (tertiary alicyclic amines) is 1. The summed E-state index contributed by atoms with van der Waals surface area (Å²) < 4.78 is 12.6. The van der Waals surface area contributed by atoms with Crippen LogP contribution in [0.1, 0.15) is 30.9 Å². The fraction of sp³-hybridized carbons (Fsp3) is 0.667. The van der Waals surface area contributed by atoms with Gasteiger partial charge < -0.3 is 14.4 Å². The summed E-state index contributed by atoms with van der Waals surface area (Å²) in [5.74, 6) is 1.82. The molecule has 1 heterocycles. The molecule has 0 aromatic heterocycles. The molecule has 0 spiro atoms. The van der Waals surface area contributed by atoms with E-state index in [9.17, 15) is 0 Å². The third-order valence-electron chi connectivity index (χ3n) is 4.28. The van der Waals surface area contributed by atoms with E-state index in [0.29, 0.717) is 13.2 Å². The molecule has 0 bridgehead atoms. The fourth-order valence-electron chi connectivity index (χ4n) is 2.87. The van der Waals surface area contributed by atoms with Gasteiger partial charge in [-0.05, 0) is 78.8 Å². The Bertz CT molecular complexity index is 447. The highest BCUT2D eigenvalue weighted by Crippen LogP contribution is 2.30. The third kappa shape index (κ3) is 5.56. The average Bonchev–Trinajstić information content (AvgIpc) is 2.46. The molecular formula is C18H28BrNO2. The van der Waals surface area contributed by atoms with Gasteiger partial charge in [-0.25, -0.2) is 0 Å². The quantitative estimate of drug-likeness (QED) is 0.672. The molecule has 3 nitrogen and oxygen atoms in total. The van der Waals surface area contributed by atoms with E-state index in [1.807, 2.05) is 0 Å². The van der Waals surface area contributed by atoms with Crippen LogP contribution < -0.4 is 4.74 Å². The summed E-state index contributed by atoms with van der Waals surface area (Å²) in [5, 5.41) is 0. The molecule has 1 saturated heterocycles. The van der Waals surface area contributed by atoms with Crippen LogP contribution in [-0.2, 0) is 4.74 Å². The molecule has 0 amide bonds. The van der Waals surface area contributed by atoms with Gasteiger partial charge in [-0.1, -0.05) is 13.0 Å². The van der Waals surface area contributed by atoms with Crippen molar-refractivity contribution < 1.29 is 9.47 Å². The summed E-state index contributed by atoms with van der Waals surface area (Å²) >= 11 is 3.57. The number of rotatable bonds is 7. The number of benzene rings is 1. The molecule has 4 heteroatoms. The minimum atomic E-state index is 0.597. The molecule has 0 N–H and O–H groups in total. The van der Waals surface area contributed by atoms with Crippen LogP contribution in [0.3, 0.4) is 0 Å². The van der Waals surface area contributed by atoms with Crippen molar-refractivity contribution in [2.45, 2.75) is 33.6 Å². The van der Waals surface area contributed by atoms with Crippen molar-refractivity contribution in [3.8, 4) is 5.75 Å². The number of nitrogens with zero attached hydrogens (tertiary/aromatic N) is 1. The van der Waals surface area contributed by atoms with Gasteiger partial charge in [0.15, 0.2) is 0 Å². The Morgan fingerprint density at radius 2 is 1.86 bits per heavy atom. The summed E-state index contributed by atoms with van der Waals surface area (Å²) in [7, 11) is 0. The normalized spacial score (nSPS) is 16.9. The van der Waals surface area contributed by atoms with Crippen LogP contribution in [0.25, 0.3) is 0 Å². The first kappa shape index (κ1) is 17.8. The highest BCUT2D eigenvalue weighted by molar-refractivity contribution is 9.10. The van der Waals surface area contributed by atoms with Crippen molar-refractivity contribution in [1.29, 1.82) is 0 Å². The Morgan fingerprint density at radius 1 is 1.14 bits per heavy atom. The van der Waals surface area contributed by atoms with Gasteiger partial charge in [0, 0.05) is 6.54 Å². The molecule has 0 radical (unpaired) electrons. The Labute approximate surface area is 143 Å². The van der Waals surface area contributed by atoms with Gasteiger partial charge in [-0.15, -0.1) is 0 Å². The van der Waals surface area contributed by atoms with Gasteiger partial charge >= 0.3 is 0 Å². The maximum Gasteiger partial charge on any atom is 0.136 e. The Balaban J connectivity index is 1.60. The van der Waals surface area contributed by atoms with E-state index in [1.54, 1.807) is 0 Å². The van der Waals surface area contributed by atoms with Crippen LogP contribution in [0, 0.1) is 19.8 Å². The first-order valence-corrected chi connectivity index (χ1v) is 9.05. The second kappa shape index (κ2) is 8.90. The van der Waals surface area contributed by atoms with E-state index in [0.717, 1.165) is 34.9 Å². The molecule has 1 aromatic rings. The minimum absolute atomic E-state index is 0.597. The zero-order valence-corrected chi connectivity index (χ0v) is 15.6. The zero-order valence-electron chi connectivity index (χ0n) is 14.0. The first-order valence-electron chi connectivity index (χ1n) is 8.26. The third-order valence-corrected chi connectivity index (χ3v) is 4.86. The summed E-state index contributed by atoms with van der Waals surface area (Å²) in [4.78, 5) is 2.50. The predicted octanol–water partition coefficient (Wildman–Crippen LogP) is 4.19. The maximum absolute atomic E-state index is 5.84. The lowest BCUT2D eigenvalue weighted by atomic mass is 9.99.